The van der Waals surface area contributed by atoms with Gasteiger partial charge in [0.2, 0.25) is 11.8 Å². The largest absolute Gasteiger partial charge is 0.497 e. The molecule has 2 N–H and O–H groups in total. The lowest BCUT2D eigenvalue weighted by molar-refractivity contribution is -0.119. The molecule has 0 aliphatic rings. The fourth-order valence-corrected chi connectivity index (χ4v) is 4.73. The molecule has 0 aliphatic carbocycles. The van der Waals surface area contributed by atoms with Crippen molar-refractivity contribution in [3.05, 3.63) is 36.4 Å². The highest BCUT2D eigenvalue weighted by Gasteiger charge is 2.21. The minimum absolute atomic E-state index is 0.0488. The molecule has 4 rings (SSSR count). The number of carbonyl (C=O) groups is 2. The van der Waals surface area contributed by atoms with Gasteiger partial charge in [-0.15, -0.1) is 20.5 Å². The zero-order valence-electron chi connectivity index (χ0n) is 24.0. The Hall–Kier alpha value is -4.74. The molecule has 2 amide bonds. The second kappa shape index (κ2) is 12.2. The predicted octanol–water partition coefficient (Wildman–Crippen LogP) is 7.28. The lowest BCUT2D eigenvalue weighted by Crippen LogP contribution is -1.99. The Bertz CT molecular complexity index is 1540. The van der Waals surface area contributed by atoms with Gasteiger partial charge in [-0.1, -0.05) is 0 Å². The molecule has 0 unspecified atom stereocenters. The standard InChI is InChI=1S/C29H34N6O6/c1-16(2)34-22-12-10-18(40-5)14-20(22)26(28(34)38)32-30-24(36)8-7-9-25(37)31-33-27-21-15-19(41-6)11-13-23(21)35(17(3)4)29(27)39/h10-17,38-39H,7-9H2,1-6H3. The first kappa shape index (κ1) is 29.2. The third kappa shape index (κ3) is 5.91. The minimum atomic E-state index is -0.549. The van der Waals surface area contributed by atoms with Gasteiger partial charge in [0, 0.05) is 35.7 Å². The number of hydrogen-bond donors (Lipinski definition) is 2. The highest BCUT2D eigenvalue weighted by atomic mass is 16.5. The molecular weight excluding hydrogens is 528 g/mol. The predicted molar refractivity (Wildman–Crippen MR) is 154 cm³/mol. The number of ether oxygens (including phenoxy) is 2. The van der Waals surface area contributed by atoms with Crippen molar-refractivity contribution in [3.8, 4) is 23.3 Å². The first-order chi connectivity index (χ1) is 19.6. The van der Waals surface area contributed by atoms with Crippen molar-refractivity contribution in [2.75, 3.05) is 14.2 Å². The molecule has 0 atom stereocenters. The van der Waals surface area contributed by atoms with Crippen LogP contribution in [0.3, 0.4) is 0 Å². The zero-order valence-corrected chi connectivity index (χ0v) is 24.0. The van der Waals surface area contributed by atoms with Crippen LogP contribution < -0.4 is 9.47 Å². The Morgan fingerprint density at radius 2 is 1.12 bits per heavy atom. The summed E-state index contributed by atoms with van der Waals surface area (Å²) in [6.45, 7) is 7.68. The van der Waals surface area contributed by atoms with Crippen molar-refractivity contribution in [2.45, 2.75) is 59.0 Å². The van der Waals surface area contributed by atoms with Crippen molar-refractivity contribution in [1.29, 1.82) is 0 Å². The first-order valence-electron chi connectivity index (χ1n) is 13.3. The summed E-state index contributed by atoms with van der Waals surface area (Å²) in [5.41, 5.74) is 1.80. The van der Waals surface area contributed by atoms with E-state index in [-0.39, 0.29) is 54.5 Å². The molecule has 216 valence electrons. The quantitative estimate of drug-likeness (QED) is 0.194. The van der Waals surface area contributed by atoms with Gasteiger partial charge in [-0.25, -0.2) is 0 Å². The molecule has 0 spiro atoms. The SMILES string of the molecule is COc1ccc2c(c1)c(N=NC(=O)CCCC(=O)N=Nc1c(O)n(C(C)C)c3ccc(OC)cc13)c(O)n2C(C)C. The molecule has 0 aliphatic heterocycles. The first-order valence-corrected chi connectivity index (χ1v) is 13.3. The summed E-state index contributed by atoms with van der Waals surface area (Å²) < 4.78 is 14.0. The van der Waals surface area contributed by atoms with E-state index in [1.165, 1.54) is 14.2 Å². The van der Waals surface area contributed by atoms with E-state index >= 15 is 0 Å². The molecule has 12 nitrogen and oxygen atoms in total. The van der Waals surface area contributed by atoms with E-state index in [0.717, 1.165) is 11.0 Å². The van der Waals surface area contributed by atoms with Gasteiger partial charge in [-0.2, -0.15) is 0 Å². The summed E-state index contributed by atoms with van der Waals surface area (Å²) in [7, 11) is 3.08. The number of aromatic nitrogens is 2. The topological polar surface area (TPSA) is 152 Å². The summed E-state index contributed by atoms with van der Waals surface area (Å²) >= 11 is 0. The Balaban J connectivity index is 1.43. The van der Waals surface area contributed by atoms with Gasteiger partial charge in [0.15, 0.2) is 11.4 Å². The number of methoxy groups -OCH3 is 2. The van der Waals surface area contributed by atoms with Crippen molar-refractivity contribution in [1.82, 2.24) is 9.13 Å². The second-order valence-electron chi connectivity index (χ2n) is 10.1. The van der Waals surface area contributed by atoms with E-state index in [9.17, 15) is 19.8 Å². The third-order valence-corrected chi connectivity index (χ3v) is 6.65. The zero-order chi connectivity index (χ0) is 29.8. The Morgan fingerprint density at radius 3 is 1.46 bits per heavy atom. The smallest absolute Gasteiger partial charge is 0.264 e. The van der Waals surface area contributed by atoms with Crippen LogP contribution in [0.1, 0.15) is 59.0 Å². The van der Waals surface area contributed by atoms with E-state index in [4.69, 9.17) is 9.47 Å². The fourth-order valence-electron chi connectivity index (χ4n) is 4.73. The van der Waals surface area contributed by atoms with Crippen LogP contribution in [0.25, 0.3) is 21.8 Å². The van der Waals surface area contributed by atoms with Crippen LogP contribution in [0.5, 0.6) is 23.3 Å². The molecule has 12 heteroatoms. The van der Waals surface area contributed by atoms with Crippen LogP contribution in [0.4, 0.5) is 11.4 Å². The molecule has 0 saturated heterocycles. The Kier molecular flexibility index (Phi) is 8.70. The highest BCUT2D eigenvalue weighted by molar-refractivity contribution is 5.97. The number of nitrogens with zero attached hydrogens (tertiary/aromatic N) is 6. The van der Waals surface area contributed by atoms with Gasteiger partial charge in [-0.05, 0) is 70.5 Å². The lowest BCUT2D eigenvalue weighted by Gasteiger charge is -2.10. The number of amides is 2. The van der Waals surface area contributed by atoms with E-state index < -0.39 is 11.8 Å². The molecule has 4 aromatic rings. The summed E-state index contributed by atoms with van der Waals surface area (Å²) in [4.78, 5) is 24.8. The maximum Gasteiger partial charge on any atom is 0.264 e. The monoisotopic (exact) mass is 562 g/mol. The number of azo groups is 2. The van der Waals surface area contributed by atoms with Crippen LogP contribution in [0, 0.1) is 0 Å². The maximum absolute atomic E-state index is 12.4. The molecule has 2 heterocycles. The van der Waals surface area contributed by atoms with E-state index in [1.807, 2.05) is 39.8 Å². The van der Waals surface area contributed by atoms with Gasteiger partial charge < -0.3 is 28.8 Å². The van der Waals surface area contributed by atoms with Crippen LogP contribution in [-0.4, -0.2) is 45.4 Å². The van der Waals surface area contributed by atoms with Crippen LogP contribution in [-0.2, 0) is 9.59 Å². The number of aromatic hydroxyl groups is 2. The molecule has 41 heavy (non-hydrogen) atoms. The molecule has 0 saturated carbocycles. The Morgan fingerprint density at radius 1 is 0.732 bits per heavy atom. The lowest BCUT2D eigenvalue weighted by atomic mass is 10.2. The summed E-state index contributed by atoms with van der Waals surface area (Å²) in [5.74, 6) is -0.144. The van der Waals surface area contributed by atoms with Crippen LogP contribution >= 0.6 is 0 Å². The molecular formula is C29H34N6O6. The fraction of sp³-hybridized carbons (Fsp3) is 0.379. The van der Waals surface area contributed by atoms with E-state index in [0.29, 0.717) is 22.3 Å². The highest BCUT2D eigenvalue weighted by Crippen LogP contribution is 2.43. The second-order valence-corrected chi connectivity index (χ2v) is 10.1. The third-order valence-electron chi connectivity index (χ3n) is 6.65. The average molecular weight is 563 g/mol. The van der Waals surface area contributed by atoms with E-state index in [2.05, 4.69) is 20.5 Å². The number of carbonyl (C=O) groups excluding carboxylic acids is 2. The van der Waals surface area contributed by atoms with Crippen LogP contribution in [0.15, 0.2) is 56.9 Å². The van der Waals surface area contributed by atoms with Gasteiger partial charge in [-0.3, -0.25) is 9.59 Å². The van der Waals surface area contributed by atoms with Crippen molar-refractivity contribution in [3.63, 3.8) is 0 Å². The van der Waals surface area contributed by atoms with Gasteiger partial charge in [0.1, 0.15) is 11.5 Å². The molecule has 0 bridgehead atoms. The summed E-state index contributed by atoms with van der Waals surface area (Å²) in [5, 5.41) is 38.3. The van der Waals surface area contributed by atoms with Crippen molar-refractivity contribution < 1.29 is 29.3 Å². The number of rotatable bonds is 10. The molecule has 2 aromatic carbocycles. The van der Waals surface area contributed by atoms with Gasteiger partial charge in [0.25, 0.3) is 11.8 Å². The van der Waals surface area contributed by atoms with E-state index in [1.54, 1.807) is 33.4 Å². The van der Waals surface area contributed by atoms with Crippen molar-refractivity contribution >= 4 is 45.0 Å². The average Bonchev–Trinajstić information content (AvgIpc) is 3.38. The summed E-state index contributed by atoms with van der Waals surface area (Å²) in [6, 6.07) is 10.5. The molecule has 2 aromatic heterocycles. The molecule has 0 radical (unpaired) electrons. The summed E-state index contributed by atoms with van der Waals surface area (Å²) in [6.07, 6.45) is 0.0797. The normalized spacial score (nSPS) is 12.1. The number of benzene rings is 2. The minimum Gasteiger partial charge on any atom is -0.497 e. The van der Waals surface area contributed by atoms with Gasteiger partial charge >= 0.3 is 0 Å². The number of fused-ring (bicyclic) bond motifs is 2. The Labute approximate surface area is 236 Å². The maximum atomic E-state index is 12.4. The number of hydrogen-bond acceptors (Lipinski definition) is 8. The van der Waals surface area contributed by atoms with Crippen LogP contribution in [0.2, 0.25) is 0 Å². The van der Waals surface area contributed by atoms with Gasteiger partial charge in [0.05, 0.1) is 25.3 Å². The molecule has 0 fully saturated rings. The van der Waals surface area contributed by atoms with Crippen molar-refractivity contribution in [2.24, 2.45) is 20.5 Å².